The van der Waals surface area contributed by atoms with Crippen LogP contribution in [0, 0.1) is 0 Å². The van der Waals surface area contributed by atoms with Crippen molar-refractivity contribution in [1.29, 1.82) is 0 Å². The second kappa shape index (κ2) is 3.54. The van der Waals surface area contributed by atoms with Gasteiger partial charge in [0.2, 0.25) is 0 Å². The zero-order valence-electron chi connectivity index (χ0n) is 6.45. The highest BCUT2D eigenvalue weighted by atomic mass is 32.2. The number of carbonyl (C=O) groups excluding carboxylic acids is 1. The van der Waals surface area contributed by atoms with Crippen molar-refractivity contribution in [3.63, 3.8) is 0 Å². The average Bonchev–Trinajstić information content (AvgIpc) is 2.58. The number of thioether (sulfide) groups is 2. The molecule has 2 aliphatic rings. The van der Waals surface area contributed by atoms with E-state index in [9.17, 15) is 4.79 Å². The van der Waals surface area contributed by atoms with Gasteiger partial charge in [0, 0.05) is 15.7 Å². The fraction of sp³-hybridized carbons (Fsp3) is 0.222. The lowest BCUT2D eigenvalue weighted by Gasteiger charge is -2.02. The van der Waals surface area contributed by atoms with Crippen LogP contribution in [0.4, 0.5) is 0 Å². The lowest BCUT2D eigenvalue weighted by atomic mass is 10.1. The summed E-state index contributed by atoms with van der Waals surface area (Å²) in [5, 5.41) is 0. The quantitative estimate of drug-likeness (QED) is 0.592. The molecular formula is C9H8OS2. The summed E-state index contributed by atoms with van der Waals surface area (Å²) in [6.07, 6.45) is 7.06. The fourth-order valence-electron chi connectivity index (χ4n) is 1.07. The molecule has 0 radical (unpaired) electrons. The maximum absolute atomic E-state index is 10.8. The van der Waals surface area contributed by atoms with Gasteiger partial charge < -0.3 is 0 Å². The van der Waals surface area contributed by atoms with Crippen LogP contribution in [0.1, 0.15) is 0 Å². The van der Waals surface area contributed by atoms with Crippen molar-refractivity contribution in [3.8, 4) is 0 Å². The minimum absolute atomic E-state index is 0.0901. The molecule has 0 saturated carbocycles. The van der Waals surface area contributed by atoms with Gasteiger partial charge in [0.05, 0.1) is 0 Å². The van der Waals surface area contributed by atoms with Crippen LogP contribution in [0.25, 0.3) is 0 Å². The molecule has 0 aromatic heterocycles. The molecule has 0 N–H and O–H groups in total. The molecule has 62 valence electrons. The molecular weight excluding hydrogens is 188 g/mol. The molecule has 0 amide bonds. The summed E-state index contributed by atoms with van der Waals surface area (Å²) < 4.78 is 1.36. The number of hydrogen-bond acceptors (Lipinski definition) is 3. The van der Waals surface area contributed by atoms with Crippen molar-refractivity contribution < 1.29 is 4.79 Å². The lowest BCUT2D eigenvalue weighted by molar-refractivity contribution is -0.110. The smallest absolute Gasteiger partial charge is 0.178 e. The second-order valence-corrected chi connectivity index (χ2v) is 4.98. The van der Waals surface area contributed by atoms with Gasteiger partial charge in [0.15, 0.2) is 5.78 Å². The Morgan fingerprint density at radius 3 is 2.17 bits per heavy atom. The topological polar surface area (TPSA) is 17.1 Å². The Kier molecular flexibility index (Phi) is 2.42. The molecule has 0 bridgehead atoms. The molecule has 12 heavy (non-hydrogen) atoms. The first kappa shape index (κ1) is 8.20. The van der Waals surface area contributed by atoms with Gasteiger partial charge in [-0.1, -0.05) is 0 Å². The van der Waals surface area contributed by atoms with Crippen LogP contribution in [0.15, 0.2) is 34.1 Å². The molecule has 1 aliphatic heterocycles. The zero-order chi connectivity index (χ0) is 8.39. The SMILES string of the molecule is O=C1C=CC(=C2SCCS2)C=C1. The number of ketones is 1. The largest absolute Gasteiger partial charge is 0.290 e. The molecule has 1 fully saturated rings. The Labute approximate surface area is 80.0 Å². The molecule has 0 spiro atoms. The van der Waals surface area contributed by atoms with Crippen molar-refractivity contribution in [1.82, 2.24) is 0 Å². The van der Waals surface area contributed by atoms with E-state index in [-0.39, 0.29) is 5.78 Å². The van der Waals surface area contributed by atoms with Crippen LogP contribution in [-0.4, -0.2) is 17.3 Å². The van der Waals surface area contributed by atoms with Crippen LogP contribution in [0.2, 0.25) is 0 Å². The Morgan fingerprint density at radius 2 is 1.58 bits per heavy atom. The molecule has 0 atom stereocenters. The van der Waals surface area contributed by atoms with Gasteiger partial charge in [0.1, 0.15) is 0 Å². The van der Waals surface area contributed by atoms with Gasteiger partial charge in [0.25, 0.3) is 0 Å². The summed E-state index contributed by atoms with van der Waals surface area (Å²) in [6, 6.07) is 0. The normalized spacial score (nSPS) is 22.5. The molecule has 0 aromatic carbocycles. The van der Waals surface area contributed by atoms with Crippen molar-refractivity contribution in [2.24, 2.45) is 0 Å². The predicted molar refractivity (Wildman–Crippen MR) is 55.2 cm³/mol. The summed E-state index contributed by atoms with van der Waals surface area (Å²) >= 11 is 3.76. The maximum atomic E-state index is 10.8. The van der Waals surface area contributed by atoms with Gasteiger partial charge in [-0.3, -0.25) is 4.79 Å². The predicted octanol–water partition coefficient (Wildman–Crippen LogP) is 2.37. The summed E-state index contributed by atoms with van der Waals surface area (Å²) in [5.74, 6) is 2.48. The maximum Gasteiger partial charge on any atom is 0.178 e. The molecule has 1 saturated heterocycles. The zero-order valence-corrected chi connectivity index (χ0v) is 8.08. The highest BCUT2D eigenvalue weighted by molar-refractivity contribution is 8.25. The Morgan fingerprint density at radius 1 is 1.00 bits per heavy atom. The second-order valence-electron chi connectivity index (χ2n) is 2.51. The molecule has 0 aromatic rings. The standard InChI is InChI=1S/C9H8OS2/c10-8-3-1-7(2-4-8)9-11-5-6-12-9/h1-4H,5-6H2. The molecule has 3 heteroatoms. The van der Waals surface area contributed by atoms with Crippen LogP contribution in [-0.2, 0) is 4.79 Å². The highest BCUT2D eigenvalue weighted by Crippen LogP contribution is 2.39. The van der Waals surface area contributed by atoms with Crippen LogP contribution in [0.5, 0.6) is 0 Å². The van der Waals surface area contributed by atoms with Crippen molar-refractivity contribution in [2.45, 2.75) is 0 Å². The Balaban J connectivity index is 2.24. The number of carbonyl (C=O) groups is 1. The van der Waals surface area contributed by atoms with Gasteiger partial charge in [-0.05, 0) is 29.9 Å². The van der Waals surface area contributed by atoms with Gasteiger partial charge in [-0.15, -0.1) is 23.5 Å². The van der Waals surface area contributed by atoms with Gasteiger partial charge >= 0.3 is 0 Å². The number of rotatable bonds is 0. The van der Waals surface area contributed by atoms with Gasteiger partial charge in [-0.2, -0.15) is 0 Å². The minimum atomic E-state index is 0.0901. The third kappa shape index (κ3) is 1.67. The third-order valence-electron chi connectivity index (χ3n) is 1.64. The van der Waals surface area contributed by atoms with Crippen LogP contribution < -0.4 is 0 Å². The molecule has 1 nitrogen and oxygen atoms in total. The Bertz CT molecular complexity index is 274. The van der Waals surface area contributed by atoms with E-state index in [1.165, 1.54) is 21.3 Å². The van der Waals surface area contributed by atoms with Crippen molar-refractivity contribution in [2.75, 3.05) is 11.5 Å². The molecule has 2 rings (SSSR count). The summed E-state index contributed by atoms with van der Waals surface area (Å²) in [6.45, 7) is 0. The van der Waals surface area contributed by atoms with E-state index in [2.05, 4.69) is 0 Å². The van der Waals surface area contributed by atoms with Crippen LogP contribution >= 0.6 is 23.5 Å². The summed E-state index contributed by atoms with van der Waals surface area (Å²) in [7, 11) is 0. The van der Waals surface area contributed by atoms with E-state index < -0.39 is 0 Å². The summed E-state index contributed by atoms with van der Waals surface area (Å²) in [5.41, 5.74) is 1.20. The fourth-order valence-corrected chi connectivity index (χ4v) is 3.54. The van der Waals surface area contributed by atoms with Crippen LogP contribution in [0.3, 0.4) is 0 Å². The third-order valence-corrected chi connectivity index (χ3v) is 4.42. The summed E-state index contributed by atoms with van der Waals surface area (Å²) in [4.78, 5) is 10.8. The molecule has 1 aliphatic carbocycles. The highest BCUT2D eigenvalue weighted by Gasteiger charge is 2.12. The Hall–Kier alpha value is -0.410. The molecule has 1 heterocycles. The lowest BCUT2D eigenvalue weighted by Crippen LogP contribution is -1.91. The number of hydrogen-bond donors (Lipinski definition) is 0. The molecule has 0 unspecified atom stereocenters. The van der Waals surface area contributed by atoms with Crippen molar-refractivity contribution >= 4 is 29.3 Å². The monoisotopic (exact) mass is 196 g/mol. The first-order valence-corrected chi connectivity index (χ1v) is 5.73. The van der Waals surface area contributed by atoms with E-state index in [0.29, 0.717) is 0 Å². The van der Waals surface area contributed by atoms with E-state index in [4.69, 9.17) is 0 Å². The van der Waals surface area contributed by atoms with E-state index >= 15 is 0 Å². The average molecular weight is 196 g/mol. The minimum Gasteiger partial charge on any atom is -0.290 e. The van der Waals surface area contributed by atoms with E-state index in [1.54, 1.807) is 12.2 Å². The van der Waals surface area contributed by atoms with Crippen molar-refractivity contribution in [3.05, 3.63) is 34.1 Å². The van der Waals surface area contributed by atoms with Gasteiger partial charge in [-0.25, -0.2) is 0 Å². The first-order valence-electron chi connectivity index (χ1n) is 3.76. The first-order chi connectivity index (χ1) is 5.86. The number of allylic oxidation sites excluding steroid dienone is 5. The van der Waals surface area contributed by atoms with E-state index in [0.717, 1.165) is 0 Å². The van der Waals surface area contributed by atoms with E-state index in [1.807, 2.05) is 35.7 Å².